The Morgan fingerprint density at radius 3 is 2.25 bits per heavy atom. The number of hydrogen-bond acceptors (Lipinski definition) is 4. The molecule has 0 spiro atoms. The van der Waals surface area contributed by atoms with E-state index in [4.69, 9.17) is 10.5 Å². The standard InChI is InChI=1S/C15H22N2O3/c1-15(2,3)13(18)10-5-7-11(8-6-10)17-14(19)12(16)9-20-4/h5-8,12H,9,16H2,1-4H3,(H,17,19). The summed E-state index contributed by atoms with van der Waals surface area (Å²) >= 11 is 0. The van der Waals surface area contributed by atoms with Crippen molar-refractivity contribution in [3.8, 4) is 0 Å². The molecule has 1 aromatic rings. The normalized spacial score (nSPS) is 12.8. The molecule has 0 aliphatic rings. The monoisotopic (exact) mass is 278 g/mol. The molecule has 0 saturated carbocycles. The second kappa shape index (κ2) is 6.63. The second-order valence-corrected chi connectivity index (χ2v) is 5.71. The molecule has 20 heavy (non-hydrogen) atoms. The lowest BCUT2D eigenvalue weighted by molar-refractivity contribution is -0.118. The Hall–Kier alpha value is -1.72. The van der Waals surface area contributed by atoms with Crippen LogP contribution < -0.4 is 11.1 Å². The molecule has 1 aromatic carbocycles. The van der Waals surface area contributed by atoms with E-state index < -0.39 is 11.5 Å². The molecule has 1 amide bonds. The Kier molecular flexibility index (Phi) is 5.42. The predicted molar refractivity (Wildman–Crippen MR) is 78.7 cm³/mol. The van der Waals surface area contributed by atoms with Crippen molar-refractivity contribution in [3.05, 3.63) is 29.8 Å². The van der Waals surface area contributed by atoms with Gasteiger partial charge in [0.05, 0.1) is 6.61 Å². The summed E-state index contributed by atoms with van der Waals surface area (Å²) in [5.41, 5.74) is 6.42. The topological polar surface area (TPSA) is 81.4 Å². The third-order valence-corrected chi connectivity index (χ3v) is 2.78. The van der Waals surface area contributed by atoms with Gasteiger partial charge < -0.3 is 15.8 Å². The molecule has 0 aliphatic carbocycles. The van der Waals surface area contributed by atoms with Crippen LogP contribution in [0.1, 0.15) is 31.1 Å². The van der Waals surface area contributed by atoms with Crippen LogP contribution in [-0.4, -0.2) is 31.4 Å². The average Bonchev–Trinajstić information content (AvgIpc) is 2.38. The van der Waals surface area contributed by atoms with Crippen LogP contribution in [0.25, 0.3) is 0 Å². The highest BCUT2D eigenvalue weighted by Gasteiger charge is 2.22. The molecule has 0 aliphatic heterocycles. The van der Waals surface area contributed by atoms with Crippen LogP contribution in [0.3, 0.4) is 0 Å². The minimum atomic E-state index is -0.712. The van der Waals surface area contributed by atoms with Crippen LogP contribution in [0.15, 0.2) is 24.3 Å². The van der Waals surface area contributed by atoms with Crippen LogP contribution in [0.2, 0.25) is 0 Å². The van der Waals surface area contributed by atoms with Gasteiger partial charge >= 0.3 is 0 Å². The van der Waals surface area contributed by atoms with Crippen LogP contribution in [0.5, 0.6) is 0 Å². The quantitative estimate of drug-likeness (QED) is 0.805. The zero-order valence-corrected chi connectivity index (χ0v) is 12.4. The first-order valence-corrected chi connectivity index (χ1v) is 6.46. The van der Waals surface area contributed by atoms with Crippen molar-refractivity contribution in [3.63, 3.8) is 0 Å². The molecule has 1 rings (SSSR count). The second-order valence-electron chi connectivity index (χ2n) is 5.71. The van der Waals surface area contributed by atoms with Crippen LogP contribution in [-0.2, 0) is 9.53 Å². The molecule has 5 nitrogen and oxygen atoms in total. The Morgan fingerprint density at radius 2 is 1.80 bits per heavy atom. The van der Waals surface area contributed by atoms with Crippen molar-refractivity contribution in [1.82, 2.24) is 0 Å². The highest BCUT2D eigenvalue weighted by molar-refractivity contribution is 6.00. The lowest BCUT2D eigenvalue weighted by Gasteiger charge is -2.17. The molecule has 0 bridgehead atoms. The Balaban J connectivity index is 2.73. The maximum absolute atomic E-state index is 12.1. The molecule has 0 aromatic heterocycles. The number of ether oxygens (including phenoxy) is 1. The van der Waals surface area contributed by atoms with Crippen LogP contribution in [0, 0.1) is 5.41 Å². The third kappa shape index (κ3) is 4.43. The van der Waals surface area contributed by atoms with E-state index in [9.17, 15) is 9.59 Å². The van der Waals surface area contributed by atoms with Crippen molar-refractivity contribution in [2.24, 2.45) is 11.1 Å². The zero-order chi connectivity index (χ0) is 15.3. The Bertz CT molecular complexity index is 475. The van der Waals surface area contributed by atoms with Gasteiger partial charge in [-0.2, -0.15) is 0 Å². The number of rotatable bonds is 5. The number of methoxy groups -OCH3 is 1. The maximum Gasteiger partial charge on any atom is 0.243 e. The number of carbonyl (C=O) groups is 2. The van der Waals surface area contributed by atoms with E-state index in [-0.39, 0.29) is 18.3 Å². The third-order valence-electron chi connectivity index (χ3n) is 2.78. The summed E-state index contributed by atoms with van der Waals surface area (Å²) in [5.74, 6) is -0.256. The first-order chi connectivity index (χ1) is 9.25. The van der Waals surface area contributed by atoms with Crippen molar-refractivity contribution >= 4 is 17.4 Å². The van der Waals surface area contributed by atoms with Crippen LogP contribution >= 0.6 is 0 Å². The first-order valence-electron chi connectivity index (χ1n) is 6.46. The SMILES string of the molecule is COCC(N)C(=O)Nc1ccc(C(=O)C(C)(C)C)cc1. The summed E-state index contributed by atoms with van der Waals surface area (Å²) in [6, 6.07) is 6.07. The average molecular weight is 278 g/mol. The molecular weight excluding hydrogens is 256 g/mol. The van der Waals surface area contributed by atoms with E-state index in [0.717, 1.165) is 0 Å². The fourth-order valence-corrected chi connectivity index (χ4v) is 1.63. The fraction of sp³-hybridized carbons (Fsp3) is 0.467. The summed E-state index contributed by atoms with van der Waals surface area (Å²) in [7, 11) is 1.49. The molecule has 110 valence electrons. The lowest BCUT2D eigenvalue weighted by Crippen LogP contribution is -2.39. The van der Waals surface area contributed by atoms with Crippen molar-refractivity contribution in [2.45, 2.75) is 26.8 Å². The van der Waals surface area contributed by atoms with Crippen LogP contribution in [0.4, 0.5) is 5.69 Å². The number of nitrogens with two attached hydrogens (primary N) is 1. The van der Waals surface area contributed by atoms with Gasteiger partial charge in [-0.1, -0.05) is 20.8 Å². The Labute approximate surface area is 119 Å². The number of amides is 1. The van der Waals surface area contributed by atoms with E-state index >= 15 is 0 Å². The summed E-state index contributed by atoms with van der Waals surface area (Å²) < 4.78 is 4.82. The molecule has 0 radical (unpaired) electrons. The molecule has 0 heterocycles. The summed E-state index contributed by atoms with van der Waals surface area (Å²) in [6.45, 7) is 5.77. The number of benzene rings is 1. The van der Waals surface area contributed by atoms with Crippen molar-refractivity contribution in [2.75, 3.05) is 19.0 Å². The molecule has 5 heteroatoms. The minimum Gasteiger partial charge on any atom is -0.383 e. The minimum absolute atomic E-state index is 0.0615. The van der Waals surface area contributed by atoms with Gasteiger partial charge in [0.2, 0.25) is 5.91 Å². The number of hydrogen-bond donors (Lipinski definition) is 2. The largest absolute Gasteiger partial charge is 0.383 e. The molecule has 1 atom stereocenters. The summed E-state index contributed by atoms with van der Waals surface area (Å²) in [4.78, 5) is 23.8. The van der Waals surface area contributed by atoms with E-state index in [0.29, 0.717) is 11.3 Å². The van der Waals surface area contributed by atoms with E-state index in [1.165, 1.54) is 7.11 Å². The molecule has 3 N–H and O–H groups in total. The van der Waals surface area contributed by atoms with E-state index in [2.05, 4.69) is 5.32 Å². The van der Waals surface area contributed by atoms with Gasteiger partial charge in [-0.15, -0.1) is 0 Å². The molecule has 0 fully saturated rings. The van der Waals surface area contributed by atoms with E-state index in [1.807, 2.05) is 20.8 Å². The predicted octanol–water partition coefficient (Wildman–Crippen LogP) is 1.83. The number of ketones is 1. The zero-order valence-electron chi connectivity index (χ0n) is 12.4. The van der Waals surface area contributed by atoms with Crippen molar-refractivity contribution in [1.29, 1.82) is 0 Å². The fourth-order valence-electron chi connectivity index (χ4n) is 1.63. The number of nitrogens with one attached hydrogen (secondary N) is 1. The molecule has 1 unspecified atom stereocenters. The number of anilines is 1. The maximum atomic E-state index is 12.1. The van der Waals surface area contributed by atoms with Gasteiger partial charge in [0.1, 0.15) is 6.04 Å². The van der Waals surface area contributed by atoms with Crippen molar-refractivity contribution < 1.29 is 14.3 Å². The first kappa shape index (κ1) is 16.3. The van der Waals surface area contributed by atoms with Gasteiger partial charge in [-0.3, -0.25) is 9.59 Å². The molecule has 0 saturated heterocycles. The summed E-state index contributed by atoms with van der Waals surface area (Å²) in [5, 5.41) is 2.68. The van der Waals surface area contributed by atoms with Gasteiger partial charge in [-0.05, 0) is 24.3 Å². The van der Waals surface area contributed by atoms with E-state index in [1.54, 1.807) is 24.3 Å². The van der Waals surface area contributed by atoms with Gasteiger partial charge in [0.25, 0.3) is 0 Å². The smallest absolute Gasteiger partial charge is 0.243 e. The Morgan fingerprint density at radius 1 is 1.25 bits per heavy atom. The highest BCUT2D eigenvalue weighted by atomic mass is 16.5. The van der Waals surface area contributed by atoms with Gasteiger partial charge in [0.15, 0.2) is 5.78 Å². The van der Waals surface area contributed by atoms with Gasteiger partial charge in [-0.25, -0.2) is 0 Å². The van der Waals surface area contributed by atoms with Gasteiger partial charge in [0, 0.05) is 23.8 Å². The number of carbonyl (C=O) groups excluding carboxylic acids is 2. The summed E-state index contributed by atoms with van der Waals surface area (Å²) in [6.07, 6.45) is 0. The lowest BCUT2D eigenvalue weighted by atomic mass is 9.86. The highest BCUT2D eigenvalue weighted by Crippen LogP contribution is 2.21. The number of Topliss-reactive ketones (excluding diaryl/α,β-unsaturated/α-hetero) is 1. The molecular formula is C15H22N2O3.